The van der Waals surface area contributed by atoms with Crippen LogP contribution in [0.1, 0.15) is 35.3 Å². The van der Waals surface area contributed by atoms with Crippen molar-refractivity contribution in [2.45, 2.75) is 31.8 Å². The maximum absolute atomic E-state index is 12.8. The second-order valence-corrected chi connectivity index (χ2v) is 7.19. The molecular weight excluding hydrogens is 352 g/mol. The molecule has 1 unspecified atom stereocenters. The molecule has 0 spiro atoms. The van der Waals surface area contributed by atoms with Gasteiger partial charge in [-0.25, -0.2) is 0 Å². The number of hydrogen-bond donors (Lipinski definition) is 1. The lowest BCUT2D eigenvalue weighted by molar-refractivity contribution is -0.0163. The maximum Gasteiger partial charge on any atom is 0.255 e. The van der Waals surface area contributed by atoms with E-state index in [-0.39, 0.29) is 12.5 Å². The molecule has 0 bridgehead atoms. The highest BCUT2D eigenvalue weighted by molar-refractivity contribution is 6.30. The molecule has 1 aliphatic heterocycles. The molecule has 1 aliphatic rings. The van der Waals surface area contributed by atoms with Crippen molar-refractivity contribution in [1.29, 1.82) is 0 Å². The molecule has 0 aliphatic carbocycles. The Bertz CT molecular complexity index is 783. The molecule has 1 N–H and O–H groups in total. The Morgan fingerprint density at radius 1 is 1.31 bits per heavy atom. The van der Waals surface area contributed by atoms with Gasteiger partial charge in [-0.15, -0.1) is 0 Å². The Labute approximate surface area is 158 Å². The van der Waals surface area contributed by atoms with Crippen molar-refractivity contribution in [3.05, 3.63) is 58.9 Å². The van der Waals surface area contributed by atoms with E-state index in [0.29, 0.717) is 42.3 Å². The van der Waals surface area contributed by atoms with Crippen LogP contribution in [0.25, 0.3) is 0 Å². The second kappa shape index (κ2) is 8.06. The average Bonchev–Trinajstić information content (AvgIpc) is 2.82. The molecule has 1 amide bonds. The Kier molecular flexibility index (Phi) is 5.79. The van der Waals surface area contributed by atoms with E-state index in [2.05, 4.69) is 4.98 Å². The van der Waals surface area contributed by atoms with Gasteiger partial charge >= 0.3 is 0 Å². The highest BCUT2D eigenvalue weighted by Crippen LogP contribution is 2.26. The predicted octanol–water partition coefficient (Wildman–Crippen LogP) is 3.48. The van der Waals surface area contributed by atoms with Gasteiger partial charge in [-0.3, -0.25) is 9.78 Å². The third kappa shape index (κ3) is 4.54. The number of rotatable bonds is 4. The summed E-state index contributed by atoms with van der Waals surface area (Å²) in [6, 6.07) is 10.7. The van der Waals surface area contributed by atoms with Gasteiger partial charge in [-0.1, -0.05) is 17.7 Å². The normalized spacial score (nSPS) is 20.5. The van der Waals surface area contributed by atoms with Gasteiger partial charge in [0.25, 0.3) is 5.91 Å². The molecule has 1 aromatic heterocycles. The summed E-state index contributed by atoms with van der Waals surface area (Å²) in [6.07, 6.45) is 3.46. The smallest absolute Gasteiger partial charge is 0.255 e. The molecule has 26 heavy (non-hydrogen) atoms. The van der Waals surface area contributed by atoms with E-state index in [1.54, 1.807) is 35.4 Å². The molecule has 6 heteroatoms. The number of halogens is 1. The van der Waals surface area contributed by atoms with E-state index < -0.39 is 5.60 Å². The van der Waals surface area contributed by atoms with Crippen molar-refractivity contribution in [3.8, 4) is 5.75 Å². The number of amides is 1. The van der Waals surface area contributed by atoms with Crippen molar-refractivity contribution in [1.82, 2.24) is 9.88 Å². The van der Waals surface area contributed by atoms with Gasteiger partial charge in [-0.05, 0) is 56.5 Å². The first-order chi connectivity index (χ1) is 12.5. The van der Waals surface area contributed by atoms with Crippen LogP contribution in [0.5, 0.6) is 5.75 Å². The number of ether oxygens (including phenoxy) is 1. The van der Waals surface area contributed by atoms with Crippen molar-refractivity contribution in [3.63, 3.8) is 0 Å². The van der Waals surface area contributed by atoms with Crippen LogP contribution in [0.2, 0.25) is 5.02 Å². The fourth-order valence-corrected chi connectivity index (χ4v) is 3.36. The summed E-state index contributed by atoms with van der Waals surface area (Å²) in [7, 11) is 0. The van der Waals surface area contributed by atoms with Crippen molar-refractivity contribution in [2.75, 3.05) is 19.7 Å². The minimum Gasteiger partial charge on any atom is -0.491 e. The van der Waals surface area contributed by atoms with E-state index in [1.807, 2.05) is 19.1 Å². The number of aliphatic hydroxyl groups is 1. The standard InChI is InChI=1S/C20H23ClN2O3/c1-15-18(7-3-10-22-15)19(24)23-11-4-8-20(25,9-12-23)14-26-17-6-2-5-16(21)13-17/h2-3,5-7,10,13,25H,4,8-9,11-12,14H2,1H3. The topological polar surface area (TPSA) is 62.7 Å². The molecular formula is C20H23ClN2O3. The van der Waals surface area contributed by atoms with E-state index in [1.165, 1.54) is 0 Å². The molecule has 1 aromatic carbocycles. The van der Waals surface area contributed by atoms with Crippen LogP contribution in [0.4, 0.5) is 0 Å². The third-order valence-corrected chi connectivity index (χ3v) is 4.98. The van der Waals surface area contributed by atoms with Crippen LogP contribution in [-0.2, 0) is 0 Å². The predicted molar refractivity (Wildman–Crippen MR) is 101 cm³/mol. The summed E-state index contributed by atoms with van der Waals surface area (Å²) in [5.74, 6) is 0.602. The minimum atomic E-state index is -0.957. The summed E-state index contributed by atoms with van der Waals surface area (Å²) in [4.78, 5) is 18.7. The zero-order valence-electron chi connectivity index (χ0n) is 14.8. The molecule has 1 saturated heterocycles. The highest BCUT2D eigenvalue weighted by Gasteiger charge is 2.33. The summed E-state index contributed by atoms with van der Waals surface area (Å²) >= 11 is 5.96. The molecule has 1 fully saturated rings. The van der Waals surface area contributed by atoms with Crippen LogP contribution in [-0.4, -0.2) is 46.2 Å². The molecule has 2 aromatic rings. The van der Waals surface area contributed by atoms with Crippen molar-refractivity contribution < 1.29 is 14.6 Å². The highest BCUT2D eigenvalue weighted by atomic mass is 35.5. The number of carbonyl (C=O) groups is 1. The Morgan fingerprint density at radius 3 is 2.92 bits per heavy atom. The quantitative estimate of drug-likeness (QED) is 0.889. The number of pyridine rings is 1. The summed E-state index contributed by atoms with van der Waals surface area (Å²) in [5.41, 5.74) is 0.385. The molecule has 0 radical (unpaired) electrons. The van der Waals surface area contributed by atoms with Gasteiger partial charge in [0.15, 0.2) is 0 Å². The molecule has 3 rings (SSSR count). The monoisotopic (exact) mass is 374 g/mol. The summed E-state index contributed by atoms with van der Waals surface area (Å²) < 4.78 is 5.74. The van der Waals surface area contributed by atoms with Crippen LogP contribution in [0, 0.1) is 6.92 Å². The van der Waals surface area contributed by atoms with E-state index >= 15 is 0 Å². The number of carbonyl (C=O) groups excluding carboxylic acids is 1. The number of benzene rings is 1. The van der Waals surface area contributed by atoms with Crippen LogP contribution in [0.15, 0.2) is 42.6 Å². The second-order valence-electron chi connectivity index (χ2n) is 6.75. The SMILES string of the molecule is Cc1ncccc1C(=O)N1CCCC(O)(COc2cccc(Cl)c2)CC1. The van der Waals surface area contributed by atoms with E-state index in [9.17, 15) is 9.90 Å². The van der Waals surface area contributed by atoms with Gasteiger partial charge in [0, 0.05) is 30.0 Å². The number of likely N-dealkylation sites (tertiary alicyclic amines) is 1. The Balaban J connectivity index is 1.62. The van der Waals surface area contributed by atoms with Gasteiger partial charge in [0.2, 0.25) is 0 Å². The van der Waals surface area contributed by atoms with Gasteiger partial charge < -0.3 is 14.7 Å². The molecule has 0 saturated carbocycles. The maximum atomic E-state index is 12.8. The lowest BCUT2D eigenvalue weighted by atomic mass is 9.96. The van der Waals surface area contributed by atoms with Gasteiger partial charge in [0.1, 0.15) is 18.0 Å². The fraction of sp³-hybridized carbons (Fsp3) is 0.400. The number of nitrogens with zero attached hydrogens (tertiary/aromatic N) is 2. The summed E-state index contributed by atoms with van der Waals surface area (Å²) in [5, 5.41) is 11.5. The van der Waals surface area contributed by atoms with E-state index in [0.717, 1.165) is 12.1 Å². The summed E-state index contributed by atoms with van der Waals surface area (Å²) in [6.45, 7) is 3.12. The Hall–Kier alpha value is -2.11. The molecule has 1 atom stereocenters. The van der Waals surface area contributed by atoms with Crippen LogP contribution < -0.4 is 4.74 Å². The number of hydrogen-bond acceptors (Lipinski definition) is 4. The van der Waals surface area contributed by atoms with Crippen LogP contribution in [0.3, 0.4) is 0 Å². The molecule has 138 valence electrons. The van der Waals surface area contributed by atoms with Crippen molar-refractivity contribution >= 4 is 17.5 Å². The van der Waals surface area contributed by atoms with Crippen LogP contribution >= 0.6 is 11.6 Å². The Morgan fingerprint density at radius 2 is 2.15 bits per heavy atom. The zero-order valence-corrected chi connectivity index (χ0v) is 15.6. The molecule has 2 heterocycles. The fourth-order valence-electron chi connectivity index (χ4n) is 3.18. The zero-order chi connectivity index (χ0) is 18.6. The van der Waals surface area contributed by atoms with Gasteiger partial charge in [-0.2, -0.15) is 0 Å². The van der Waals surface area contributed by atoms with Gasteiger partial charge in [0.05, 0.1) is 5.56 Å². The largest absolute Gasteiger partial charge is 0.491 e. The lowest BCUT2D eigenvalue weighted by Crippen LogP contribution is -2.38. The first kappa shape index (κ1) is 18.7. The number of aryl methyl sites for hydroxylation is 1. The molecule has 5 nitrogen and oxygen atoms in total. The number of aromatic nitrogens is 1. The lowest BCUT2D eigenvalue weighted by Gasteiger charge is -2.27. The first-order valence-corrected chi connectivity index (χ1v) is 9.16. The minimum absolute atomic E-state index is 0.0318. The third-order valence-electron chi connectivity index (χ3n) is 4.75. The van der Waals surface area contributed by atoms with Crippen molar-refractivity contribution in [2.24, 2.45) is 0 Å². The average molecular weight is 375 g/mol. The first-order valence-electron chi connectivity index (χ1n) is 8.78. The van der Waals surface area contributed by atoms with E-state index in [4.69, 9.17) is 16.3 Å².